The largest absolute Gasteiger partial charge is 0.346 e. The molecule has 0 aromatic heterocycles. The third kappa shape index (κ3) is 5.37. The van der Waals surface area contributed by atoms with Crippen molar-refractivity contribution in [2.75, 3.05) is 26.2 Å². The lowest BCUT2D eigenvalue weighted by Gasteiger charge is -2.37. The van der Waals surface area contributed by atoms with Crippen molar-refractivity contribution in [1.82, 2.24) is 19.6 Å². The lowest BCUT2D eigenvalue weighted by Crippen LogP contribution is -2.38. The summed E-state index contributed by atoms with van der Waals surface area (Å²) in [5.41, 5.74) is 7.91. The third-order valence-corrected chi connectivity index (χ3v) is 10.6. The van der Waals surface area contributed by atoms with Gasteiger partial charge in [-0.05, 0) is 62.8 Å². The molecule has 0 bridgehead atoms. The monoisotopic (exact) mass is 492 g/mol. The summed E-state index contributed by atoms with van der Waals surface area (Å²) in [6.07, 6.45) is 28.0. The van der Waals surface area contributed by atoms with Gasteiger partial charge in [-0.25, -0.2) is 0 Å². The van der Waals surface area contributed by atoms with Crippen molar-refractivity contribution in [3.63, 3.8) is 0 Å². The first-order valence-electron chi connectivity index (χ1n) is 16.2. The molecule has 2 heterocycles. The first-order chi connectivity index (χ1) is 17.9. The summed E-state index contributed by atoms with van der Waals surface area (Å²) in [7, 11) is 0. The minimum absolute atomic E-state index is 0.731. The first kappa shape index (κ1) is 24.8. The first-order valence-corrected chi connectivity index (χ1v) is 16.2. The average Bonchev–Trinajstić information content (AvgIpc) is 3.58. The minimum Gasteiger partial charge on any atom is -0.346 e. The number of hydrogen-bond acceptors (Lipinski definition) is 4. The van der Waals surface area contributed by atoms with Gasteiger partial charge >= 0.3 is 0 Å². The fourth-order valence-electron chi connectivity index (χ4n) is 8.58. The van der Waals surface area contributed by atoms with Gasteiger partial charge < -0.3 is 19.6 Å². The fourth-order valence-corrected chi connectivity index (χ4v) is 8.58. The zero-order valence-electron chi connectivity index (χ0n) is 23.1. The smallest absolute Gasteiger partial charge is 0.158 e. The highest BCUT2D eigenvalue weighted by molar-refractivity contribution is 5.15. The zero-order chi connectivity index (χ0) is 24.2. The Morgan fingerprint density at radius 2 is 0.556 bits per heavy atom. The lowest BCUT2D eigenvalue weighted by atomic mass is 9.93. The van der Waals surface area contributed by atoms with E-state index in [4.69, 9.17) is 0 Å². The van der Waals surface area contributed by atoms with Crippen LogP contribution >= 0.6 is 0 Å². The summed E-state index contributed by atoms with van der Waals surface area (Å²) < 4.78 is 0. The van der Waals surface area contributed by atoms with Crippen molar-refractivity contribution in [3.8, 4) is 0 Å². The molecule has 0 spiro atoms. The van der Waals surface area contributed by atoms with Gasteiger partial charge in [-0.2, -0.15) is 0 Å². The Morgan fingerprint density at radius 1 is 0.333 bits per heavy atom. The molecule has 0 aromatic carbocycles. The topological polar surface area (TPSA) is 13.0 Å². The molecule has 6 rings (SSSR count). The van der Waals surface area contributed by atoms with Crippen molar-refractivity contribution in [2.24, 2.45) is 0 Å². The van der Waals surface area contributed by atoms with Gasteiger partial charge in [0.25, 0.3) is 0 Å². The van der Waals surface area contributed by atoms with Gasteiger partial charge in [0.05, 0.1) is 0 Å². The Morgan fingerprint density at radius 3 is 0.778 bits per heavy atom. The van der Waals surface area contributed by atoms with Gasteiger partial charge in [-0.3, -0.25) is 0 Å². The molecule has 36 heavy (non-hydrogen) atoms. The lowest BCUT2D eigenvalue weighted by molar-refractivity contribution is 0.178. The van der Waals surface area contributed by atoms with Crippen LogP contribution in [0.3, 0.4) is 0 Å². The van der Waals surface area contributed by atoms with E-state index in [1.165, 1.54) is 166 Å². The molecule has 0 aromatic rings. The maximum Gasteiger partial charge on any atom is 0.158 e. The van der Waals surface area contributed by atoms with Gasteiger partial charge in [-0.1, -0.05) is 77.0 Å². The predicted molar refractivity (Wildman–Crippen MR) is 148 cm³/mol. The molecule has 6 fully saturated rings. The molecule has 4 heteroatoms. The van der Waals surface area contributed by atoms with E-state index in [1.807, 2.05) is 0 Å². The van der Waals surface area contributed by atoms with Crippen molar-refractivity contribution in [1.29, 1.82) is 0 Å². The molecule has 2 saturated heterocycles. The molecule has 0 radical (unpaired) electrons. The van der Waals surface area contributed by atoms with E-state index >= 15 is 0 Å². The highest BCUT2D eigenvalue weighted by Gasteiger charge is 2.37. The van der Waals surface area contributed by atoms with Crippen molar-refractivity contribution < 1.29 is 0 Å². The molecule has 6 aliphatic rings. The van der Waals surface area contributed by atoms with E-state index in [-0.39, 0.29) is 0 Å². The van der Waals surface area contributed by atoms with Gasteiger partial charge in [0.15, 0.2) is 11.6 Å². The molecule has 4 saturated carbocycles. The molecule has 0 atom stereocenters. The van der Waals surface area contributed by atoms with Crippen LogP contribution < -0.4 is 0 Å². The number of rotatable bonds is 4. The van der Waals surface area contributed by atoms with E-state index in [2.05, 4.69) is 31.1 Å². The Hall–Kier alpha value is -1.50. The summed E-state index contributed by atoms with van der Waals surface area (Å²) in [5, 5.41) is 0. The van der Waals surface area contributed by atoms with Crippen LogP contribution in [-0.2, 0) is 0 Å². The van der Waals surface area contributed by atoms with Crippen LogP contribution in [0.4, 0.5) is 0 Å². The summed E-state index contributed by atoms with van der Waals surface area (Å²) >= 11 is 0. The van der Waals surface area contributed by atoms with Crippen LogP contribution in [0, 0.1) is 0 Å². The molecule has 4 aliphatic carbocycles. The molecular formula is C32H52N4. The van der Waals surface area contributed by atoms with Gasteiger partial charge in [0.2, 0.25) is 0 Å². The van der Waals surface area contributed by atoms with E-state index in [0.29, 0.717) is 0 Å². The van der Waals surface area contributed by atoms with E-state index in [0.717, 1.165) is 24.2 Å². The molecule has 0 unspecified atom stereocenters. The maximum atomic E-state index is 3.95. The molecule has 2 aliphatic heterocycles. The van der Waals surface area contributed by atoms with Crippen molar-refractivity contribution in [2.45, 2.75) is 153 Å². The van der Waals surface area contributed by atoms with Crippen LogP contribution in [0.15, 0.2) is 23.1 Å². The van der Waals surface area contributed by atoms with Gasteiger partial charge in [-0.15, -0.1) is 0 Å². The van der Waals surface area contributed by atoms with Crippen molar-refractivity contribution in [3.05, 3.63) is 23.1 Å². The molecule has 200 valence electrons. The maximum absolute atomic E-state index is 3.95. The third-order valence-electron chi connectivity index (χ3n) is 10.6. The predicted octanol–water partition coefficient (Wildman–Crippen LogP) is 6.99. The Labute approximate surface area is 221 Å². The van der Waals surface area contributed by atoms with Gasteiger partial charge in [0.1, 0.15) is 0 Å². The van der Waals surface area contributed by atoms with E-state index in [9.17, 15) is 0 Å². The molecule has 0 N–H and O–H groups in total. The van der Waals surface area contributed by atoms with Gasteiger partial charge in [0, 0.05) is 50.3 Å². The van der Waals surface area contributed by atoms with Crippen LogP contribution in [-0.4, -0.2) is 69.9 Å². The van der Waals surface area contributed by atoms with Crippen molar-refractivity contribution >= 4 is 0 Å². The number of hydrogen-bond donors (Lipinski definition) is 0. The average molecular weight is 493 g/mol. The Bertz CT molecular complexity index is 689. The molecule has 0 amide bonds. The second kappa shape index (κ2) is 11.9. The summed E-state index contributed by atoms with van der Waals surface area (Å²) in [6, 6.07) is 2.92. The zero-order valence-corrected chi connectivity index (χ0v) is 23.1. The summed E-state index contributed by atoms with van der Waals surface area (Å²) in [6.45, 7) is 4.83. The fraction of sp³-hybridized carbons (Fsp3) is 0.875. The van der Waals surface area contributed by atoms with E-state index in [1.54, 1.807) is 0 Å². The second-order valence-electron chi connectivity index (χ2n) is 12.8. The quantitative estimate of drug-likeness (QED) is 0.392. The highest BCUT2D eigenvalue weighted by atomic mass is 15.4. The SMILES string of the molecule is C(=C=C1N(C2CCCCC2)CCN1C1CCCCC1)=C1N(C2CCCCC2)CCN1C1CCCCC1. The van der Waals surface area contributed by atoms with Crippen LogP contribution in [0.2, 0.25) is 0 Å². The number of nitrogens with zero attached hydrogens (tertiary/aromatic N) is 4. The Balaban J connectivity index is 1.37. The second-order valence-corrected chi connectivity index (χ2v) is 12.8. The normalized spacial score (nSPS) is 28.2. The molecular weight excluding hydrogens is 440 g/mol. The van der Waals surface area contributed by atoms with Crippen LogP contribution in [0.5, 0.6) is 0 Å². The van der Waals surface area contributed by atoms with E-state index < -0.39 is 0 Å². The summed E-state index contributed by atoms with van der Waals surface area (Å²) in [4.78, 5) is 11.1. The summed E-state index contributed by atoms with van der Waals surface area (Å²) in [5.74, 6) is 2.83. The Kier molecular flexibility index (Phi) is 8.21. The standard InChI is InChI=1S/C32H52N4/c1-5-13-27(14-6-1)33-23-24-34(28-15-7-2-8-16-28)31(33)21-22-32-35(29-17-9-3-10-18-29)25-26-36(32)30-19-11-4-12-20-30/h27-30H,1-20,23-26H2. The van der Waals surface area contributed by atoms with Crippen LogP contribution in [0.25, 0.3) is 0 Å². The minimum atomic E-state index is 0.731. The molecule has 4 nitrogen and oxygen atoms in total. The highest BCUT2D eigenvalue weighted by Crippen LogP contribution is 2.36. The van der Waals surface area contributed by atoms with Crippen LogP contribution in [0.1, 0.15) is 128 Å².